The van der Waals surface area contributed by atoms with Crippen molar-refractivity contribution < 1.29 is 53.1 Å². The monoisotopic (exact) mass is 894 g/mol. The van der Waals surface area contributed by atoms with E-state index in [2.05, 4.69) is 62.2 Å². The molecule has 8 N–H and O–H groups in total. The van der Waals surface area contributed by atoms with Crippen molar-refractivity contribution >= 4 is 70.3 Å². The average Bonchev–Trinajstić information content (AvgIpc) is 3.90. The molecule has 0 aliphatic carbocycles. The number of nitrogens with two attached hydrogens (primary N) is 1. The molecule has 61 heavy (non-hydrogen) atoms. The van der Waals surface area contributed by atoms with Crippen molar-refractivity contribution in [1.82, 2.24) is 45.7 Å². The van der Waals surface area contributed by atoms with E-state index >= 15 is 0 Å². The molecule has 0 bridgehead atoms. The zero-order valence-electron chi connectivity index (χ0n) is 34.6. The van der Waals surface area contributed by atoms with Crippen LogP contribution in [0.15, 0.2) is 18.5 Å². The molecule has 338 valence electrons. The lowest BCUT2D eigenvalue weighted by Gasteiger charge is -2.34. The number of urea groups is 1. The van der Waals surface area contributed by atoms with Crippen LogP contribution < -0.4 is 31.7 Å². The molecule has 3 fully saturated rings. The number of hydrogen-bond donors (Lipinski definition) is 7. The summed E-state index contributed by atoms with van der Waals surface area (Å²) < 4.78 is 23.8. The number of nitrogens with zero attached hydrogens (tertiary/aromatic N) is 5. The van der Waals surface area contributed by atoms with Gasteiger partial charge in [0.15, 0.2) is 11.2 Å². The molecule has 0 saturated carbocycles. The van der Waals surface area contributed by atoms with Gasteiger partial charge in [0.05, 0.1) is 68.9 Å². The minimum atomic E-state index is -0.757. The molecule has 2 aromatic heterocycles. The minimum absolute atomic E-state index is 0.00570. The molecule has 0 radical (unpaired) electrons. The van der Waals surface area contributed by atoms with Crippen LogP contribution >= 0.6 is 23.5 Å². The third-order valence-corrected chi connectivity index (χ3v) is 13.6. The van der Waals surface area contributed by atoms with Crippen molar-refractivity contribution in [3.05, 3.63) is 18.5 Å². The second-order valence-corrected chi connectivity index (χ2v) is 17.5. The summed E-state index contributed by atoms with van der Waals surface area (Å²) in [6, 6.07) is -0.126. The maximum atomic E-state index is 12.9. The molecule has 5 heterocycles. The summed E-state index contributed by atoms with van der Waals surface area (Å²) in [7, 11) is 0. The van der Waals surface area contributed by atoms with Crippen molar-refractivity contribution in [2.45, 2.75) is 86.8 Å². The van der Waals surface area contributed by atoms with E-state index < -0.39 is 11.4 Å². The van der Waals surface area contributed by atoms with Gasteiger partial charge >= 0.3 is 6.03 Å². The SMILES string of the molecule is C[C@]12CSC(/C=C/CCCC(=O)NCCOCCOCCNC(=O)CCN3C(=O)CC(SCCCOc4nc(N)nc5c4ncn5COC(CO)CO)C3=O)[C@@]1(C)NC(=O)N2. The van der Waals surface area contributed by atoms with Gasteiger partial charge in [-0.05, 0) is 38.9 Å². The molecule has 4 atom stereocenters. The smallest absolute Gasteiger partial charge is 0.315 e. The number of ether oxygens (including phenoxy) is 4. The number of hydrogen-bond acceptors (Lipinski definition) is 17. The summed E-state index contributed by atoms with van der Waals surface area (Å²) in [4.78, 5) is 75.6. The van der Waals surface area contributed by atoms with Crippen molar-refractivity contribution in [3.8, 4) is 5.88 Å². The van der Waals surface area contributed by atoms with E-state index in [1.807, 2.05) is 11.8 Å². The highest BCUT2D eigenvalue weighted by molar-refractivity contribution is 8.00. The van der Waals surface area contributed by atoms with Crippen LogP contribution in [0.2, 0.25) is 0 Å². The quantitative estimate of drug-likeness (QED) is 0.0250. The number of nitrogen functional groups attached to an aromatic ring is 1. The molecular formula is C38H58N10O11S2. The van der Waals surface area contributed by atoms with E-state index in [0.717, 1.165) is 23.5 Å². The fourth-order valence-corrected chi connectivity index (χ4v) is 9.67. The first-order valence-corrected chi connectivity index (χ1v) is 22.4. The first kappa shape index (κ1) is 47.8. The normalized spacial score (nSPS) is 22.4. The highest BCUT2D eigenvalue weighted by atomic mass is 32.2. The van der Waals surface area contributed by atoms with Gasteiger partial charge in [0.2, 0.25) is 35.5 Å². The zero-order valence-corrected chi connectivity index (χ0v) is 36.2. The van der Waals surface area contributed by atoms with Gasteiger partial charge in [-0.1, -0.05) is 12.2 Å². The van der Waals surface area contributed by atoms with E-state index in [1.54, 1.807) is 4.57 Å². The standard InChI is InChI=1S/C38H58N10O11S2/c1-37-22-61-27(38(37,2)46-36(55)45-37)7-4-3-5-8-28(51)40-10-14-56-16-17-57-15-11-41-29(52)9-12-48-30(53)19-26(34(48)54)60-18-6-13-58-33-31-32(43-35(39)44-33)47(23-42-31)24-59-25(20-49)21-50/h4,7,23,25-27,49-50H,3,5-6,8-22,24H2,1-2H3,(H,40,51)(H,41,52)(H2,39,43,44)(H2,45,46,55)/b7-4+/t26?,27?,37-,38+/m0/s1. The van der Waals surface area contributed by atoms with E-state index in [4.69, 9.17) is 24.7 Å². The Hall–Kier alpha value is -4.26. The topological polar surface area (TPSA) is 284 Å². The number of fused-ring (bicyclic) bond motifs is 2. The van der Waals surface area contributed by atoms with Crippen LogP contribution in [-0.2, 0) is 40.1 Å². The number of aliphatic hydroxyl groups excluding tert-OH is 2. The second kappa shape index (κ2) is 23.3. The molecule has 3 aliphatic heterocycles. The van der Waals surface area contributed by atoms with Crippen LogP contribution in [0.5, 0.6) is 5.88 Å². The summed E-state index contributed by atoms with van der Waals surface area (Å²) in [5, 5.41) is 29.8. The summed E-state index contributed by atoms with van der Waals surface area (Å²) in [5.74, 6) is 0.528. The van der Waals surface area contributed by atoms with Crippen LogP contribution in [0.3, 0.4) is 0 Å². The first-order valence-electron chi connectivity index (χ1n) is 20.3. The zero-order chi connectivity index (χ0) is 43.8. The Balaban J connectivity index is 0.838. The Morgan fingerprint density at radius 2 is 1.75 bits per heavy atom. The van der Waals surface area contributed by atoms with E-state index in [1.165, 1.54) is 18.1 Å². The van der Waals surface area contributed by atoms with Crippen molar-refractivity contribution in [3.63, 3.8) is 0 Å². The number of aromatic nitrogens is 4. The Morgan fingerprint density at radius 1 is 1.03 bits per heavy atom. The van der Waals surface area contributed by atoms with Gasteiger partial charge in [0.1, 0.15) is 12.8 Å². The maximum Gasteiger partial charge on any atom is 0.315 e. The largest absolute Gasteiger partial charge is 0.476 e. The lowest BCUT2D eigenvalue weighted by Crippen LogP contribution is -2.58. The number of amides is 6. The molecule has 23 heteroatoms. The molecule has 3 saturated heterocycles. The van der Waals surface area contributed by atoms with E-state index in [-0.39, 0.29) is 117 Å². The number of allylic oxidation sites excluding steroid dienone is 1. The maximum absolute atomic E-state index is 12.9. The number of nitrogens with one attached hydrogen (secondary N) is 4. The van der Waals surface area contributed by atoms with Crippen LogP contribution in [0.4, 0.5) is 10.7 Å². The van der Waals surface area contributed by atoms with Crippen molar-refractivity contribution in [2.75, 3.05) is 83.1 Å². The van der Waals surface area contributed by atoms with E-state index in [9.17, 15) is 34.2 Å². The second-order valence-electron chi connectivity index (χ2n) is 15.0. The summed E-state index contributed by atoms with van der Waals surface area (Å²) >= 11 is 3.16. The lowest BCUT2D eigenvalue weighted by molar-refractivity contribution is -0.138. The van der Waals surface area contributed by atoms with Crippen LogP contribution in [0.25, 0.3) is 11.2 Å². The van der Waals surface area contributed by atoms with Crippen molar-refractivity contribution in [2.24, 2.45) is 0 Å². The van der Waals surface area contributed by atoms with Gasteiger partial charge in [-0.15, -0.1) is 23.5 Å². The highest BCUT2D eigenvalue weighted by Gasteiger charge is 2.60. The molecule has 0 aromatic carbocycles. The third-order valence-electron chi connectivity index (χ3n) is 10.5. The number of thioether (sulfide) groups is 2. The van der Waals surface area contributed by atoms with Crippen LogP contribution in [-0.4, -0.2) is 169 Å². The molecule has 21 nitrogen and oxygen atoms in total. The Morgan fingerprint density at radius 3 is 2.48 bits per heavy atom. The van der Waals surface area contributed by atoms with Gasteiger partial charge in [0.25, 0.3) is 0 Å². The van der Waals surface area contributed by atoms with E-state index in [0.29, 0.717) is 56.1 Å². The van der Waals surface area contributed by atoms with Gasteiger partial charge in [-0.25, -0.2) is 9.78 Å². The molecule has 0 spiro atoms. The number of likely N-dealkylation sites (tertiary alicyclic amines) is 1. The number of imidazole rings is 1. The number of carbonyl (C=O) groups excluding carboxylic acids is 5. The highest BCUT2D eigenvalue weighted by Crippen LogP contribution is 2.46. The van der Waals surface area contributed by atoms with Crippen molar-refractivity contribution in [1.29, 1.82) is 0 Å². The predicted octanol–water partition coefficient (Wildman–Crippen LogP) is -0.307. The number of aliphatic hydroxyl groups is 2. The summed E-state index contributed by atoms with van der Waals surface area (Å²) in [6.07, 6.45) is 7.40. The minimum Gasteiger partial charge on any atom is -0.476 e. The molecule has 2 unspecified atom stereocenters. The first-order chi connectivity index (χ1) is 29.4. The number of carbonyl (C=O) groups is 5. The Bertz CT molecular complexity index is 1850. The fourth-order valence-electron chi connectivity index (χ4n) is 6.81. The molecule has 3 aliphatic rings. The number of unbranched alkanes of at least 4 members (excludes halogenated alkanes) is 1. The summed E-state index contributed by atoms with van der Waals surface area (Å²) in [5.41, 5.74) is 5.96. The van der Waals surface area contributed by atoms with Gasteiger partial charge < -0.3 is 56.2 Å². The van der Waals surface area contributed by atoms with Gasteiger partial charge in [-0.3, -0.25) is 28.6 Å². The van der Waals surface area contributed by atoms with Crippen LogP contribution in [0, 0.1) is 0 Å². The number of anilines is 1. The number of rotatable bonds is 28. The Kier molecular flexibility index (Phi) is 18.2. The molecular weight excluding hydrogens is 837 g/mol. The molecule has 2 aromatic rings. The average molecular weight is 895 g/mol. The Labute approximate surface area is 362 Å². The van der Waals surface area contributed by atoms with Crippen LogP contribution in [0.1, 0.15) is 52.4 Å². The fraction of sp³-hybridized carbons (Fsp3) is 0.684. The molecule has 5 rings (SSSR count). The lowest BCUT2D eigenvalue weighted by atomic mass is 9.80. The predicted molar refractivity (Wildman–Crippen MR) is 226 cm³/mol. The number of imide groups is 1. The molecule has 6 amide bonds. The van der Waals surface area contributed by atoms with Gasteiger partial charge in [-0.2, -0.15) is 9.97 Å². The third kappa shape index (κ3) is 13.1. The van der Waals surface area contributed by atoms with Gasteiger partial charge in [0, 0.05) is 49.9 Å². The summed E-state index contributed by atoms with van der Waals surface area (Å²) in [6.45, 7) is 5.54.